The number of halogens is 4. The van der Waals surface area contributed by atoms with Crippen LogP contribution in [0.2, 0.25) is 0 Å². The van der Waals surface area contributed by atoms with Gasteiger partial charge in [-0.3, -0.25) is 4.57 Å². The predicted octanol–water partition coefficient (Wildman–Crippen LogP) is 5.67. The fourth-order valence-corrected chi connectivity index (χ4v) is 6.41. The highest BCUT2D eigenvalue weighted by Crippen LogP contribution is 2.36. The van der Waals surface area contributed by atoms with Crippen LogP contribution in [0.25, 0.3) is 26.9 Å². The topological polar surface area (TPSA) is 79.1 Å². The summed E-state index contributed by atoms with van der Waals surface area (Å²) in [5.41, 5.74) is 4.17. The molecule has 0 aliphatic heterocycles. The average molecular weight is 589 g/mol. The van der Waals surface area contributed by atoms with Gasteiger partial charge in [-0.2, -0.15) is 13.2 Å². The quantitative estimate of drug-likeness (QED) is 0.255. The Morgan fingerprint density at radius 2 is 1.85 bits per heavy atom. The standard InChI is InChI=1S/C28H27F3N6OS.ClH/c1-36(26-21-12-20(13-28(29,30)31)39-27(21)34-15-33-26)24-10-18(11-25(24)38)32-14-17-6-8-19(9-7-17)37-16-35-22-4-2-3-5-23(22)37;/h2-9,12,15-16,18,24-25,32,38H,10-11,13-14H2,1H3;1H/t18-,24+,25-;/m1./s1. The van der Waals surface area contributed by atoms with Crippen LogP contribution in [-0.2, 0) is 13.0 Å². The predicted molar refractivity (Wildman–Crippen MR) is 154 cm³/mol. The number of para-hydroxylation sites is 2. The second kappa shape index (κ2) is 11.3. The van der Waals surface area contributed by atoms with E-state index in [1.165, 1.54) is 12.4 Å². The molecule has 7 nitrogen and oxygen atoms in total. The van der Waals surface area contributed by atoms with Gasteiger partial charge >= 0.3 is 6.18 Å². The van der Waals surface area contributed by atoms with Gasteiger partial charge in [0.05, 0.1) is 35.0 Å². The molecule has 0 saturated heterocycles. The minimum absolute atomic E-state index is 0. The van der Waals surface area contributed by atoms with Crippen molar-refractivity contribution in [2.45, 2.75) is 50.2 Å². The fraction of sp³-hybridized carbons (Fsp3) is 0.321. The highest BCUT2D eigenvalue weighted by Gasteiger charge is 2.37. The molecule has 2 N–H and O–H groups in total. The first-order valence-corrected chi connectivity index (χ1v) is 13.5. The van der Waals surface area contributed by atoms with Crippen molar-refractivity contribution in [2.75, 3.05) is 11.9 Å². The number of nitrogens with one attached hydrogen (secondary N) is 1. The molecule has 6 rings (SSSR count). The lowest BCUT2D eigenvalue weighted by Crippen LogP contribution is -2.38. The van der Waals surface area contributed by atoms with Crippen LogP contribution < -0.4 is 10.2 Å². The Labute approximate surface area is 239 Å². The minimum Gasteiger partial charge on any atom is -0.391 e. The van der Waals surface area contributed by atoms with Gasteiger partial charge in [0.2, 0.25) is 0 Å². The number of imidazole rings is 1. The van der Waals surface area contributed by atoms with Crippen molar-refractivity contribution in [2.24, 2.45) is 0 Å². The van der Waals surface area contributed by atoms with Crippen molar-refractivity contribution < 1.29 is 18.3 Å². The molecule has 1 aliphatic rings. The van der Waals surface area contributed by atoms with Crippen LogP contribution in [0.15, 0.2) is 67.3 Å². The smallest absolute Gasteiger partial charge is 0.391 e. The largest absolute Gasteiger partial charge is 0.393 e. The molecule has 1 aliphatic carbocycles. The van der Waals surface area contributed by atoms with Gasteiger partial charge in [0, 0.05) is 30.2 Å². The highest BCUT2D eigenvalue weighted by atomic mass is 35.5. The maximum atomic E-state index is 12.9. The van der Waals surface area contributed by atoms with Crippen molar-refractivity contribution in [3.63, 3.8) is 0 Å². The Hall–Kier alpha value is -3.25. The van der Waals surface area contributed by atoms with Crippen LogP contribution in [0, 0.1) is 0 Å². The molecule has 40 heavy (non-hydrogen) atoms. The van der Waals surface area contributed by atoms with E-state index in [9.17, 15) is 18.3 Å². The first-order valence-electron chi connectivity index (χ1n) is 12.7. The first-order chi connectivity index (χ1) is 18.7. The number of hydrogen-bond acceptors (Lipinski definition) is 7. The summed E-state index contributed by atoms with van der Waals surface area (Å²) in [5.74, 6) is 0.539. The highest BCUT2D eigenvalue weighted by molar-refractivity contribution is 7.18. The van der Waals surface area contributed by atoms with Crippen molar-refractivity contribution in [3.8, 4) is 5.69 Å². The summed E-state index contributed by atoms with van der Waals surface area (Å²) >= 11 is 1.03. The summed E-state index contributed by atoms with van der Waals surface area (Å²) in [5, 5.41) is 15.0. The molecule has 2 aromatic carbocycles. The summed E-state index contributed by atoms with van der Waals surface area (Å²) in [4.78, 5) is 15.6. The van der Waals surface area contributed by atoms with Crippen LogP contribution in [0.1, 0.15) is 23.3 Å². The summed E-state index contributed by atoms with van der Waals surface area (Å²) < 4.78 is 40.8. The molecule has 5 aromatic rings. The van der Waals surface area contributed by atoms with Gasteiger partial charge in [0.25, 0.3) is 0 Å². The number of nitrogens with zero attached hydrogens (tertiary/aromatic N) is 5. The number of rotatable bonds is 7. The minimum atomic E-state index is -4.28. The Balaban J connectivity index is 0.00000323. The van der Waals surface area contributed by atoms with Gasteiger partial charge < -0.3 is 15.3 Å². The van der Waals surface area contributed by atoms with E-state index in [0.717, 1.165) is 33.6 Å². The van der Waals surface area contributed by atoms with Crippen LogP contribution in [0.4, 0.5) is 19.0 Å². The number of thiophene rings is 1. The van der Waals surface area contributed by atoms with Gasteiger partial charge in [-0.05, 0) is 48.7 Å². The first kappa shape index (κ1) is 28.3. The van der Waals surface area contributed by atoms with E-state index in [4.69, 9.17) is 0 Å². The van der Waals surface area contributed by atoms with E-state index >= 15 is 0 Å². The van der Waals surface area contributed by atoms with E-state index in [0.29, 0.717) is 35.4 Å². The third-order valence-corrected chi connectivity index (χ3v) is 8.37. The lowest BCUT2D eigenvalue weighted by molar-refractivity contribution is -0.126. The van der Waals surface area contributed by atoms with Crippen molar-refractivity contribution >= 4 is 50.8 Å². The van der Waals surface area contributed by atoms with E-state index in [-0.39, 0.29) is 29.4 Å². The zero-order valence-corrected chi connectivity index (χ0v) is 23.2. The van der Waals surface area contributed by atoms with Crippen molar-refractivity contribution in [3.05, 3.63) is 77.7 Å². The summed E-state index contributed by atoms with van der Waals surface area (Å²) in [6.07, 6.45) is -1.41. The molecule has 3 aromatic heterocycles. The summed E-state index contributed by atoms with van der Waals surface area (Å²) in [6.45, 7) is 0.655. The summed E-state index contributed by atoms with van der Waals surface area (Å²) in [6, 6.07) is 17.7. The molecular weight excluding hydrogens is 561 g/mol. The molecule has 0 bridgehead atoms. The molecule has 3 atom stereocenters. The number of likely N-dealkylation sites (N-methyl/N-ethyl adjacent to an activating group) is 1. The number of aliphatic hydroxyl groups excluding tert-OH is 1. The van der Waals surface area contributed by atoms with Gasteiger partial charge in [-0.1, -0.05) is 24.3 Å². The average Bonchev–Trinajstić information content (AvgIpc) is 3.62. The van der Waals surface area contributed by atoms with E-state index in [2.05, 4.69) is 49.1 Å². The molecule has 0 unspecified atom stereocenters. The van der Waals surface area contributed by atoms with Gasteiger partial charge in [-0.15, -0.1) is 23.7 Å². The number of aliphatic hydroxyl groups is 1. The zero-order chi connectivity index (χ0) is 27.1. The normalized spacial score (nSPS) is 19.3. The third kappa shape index (κ3) is 5.78. The SMILES string of the molecule is CN(c1ncnc2sc(CC(F)(F)F)cc12)[C@H]1C[C@@H](NCc2ccc(-n3cnc4ccccc43)cc2)C[C@H]1O.Cl. The van der Waals surface area contributed by atoms with Gasteiger partial charge in [0.15, 0.2) is 0 Å². The molecule has 3 heterocycles. The molecule has 1 fully saturated rings. The van der Waals surface area contributed by atoms with Gasteiger partial charge in [-0.25, -0.2) is 15.0 Å². The van der Waals surface area contributed by atoms with Crippen molar-refractivity contribution in [1.29, 1.82) is 0 Å². The fourth-order valence-electron chi connectivity index (χ4n) is 5.39. The molecule has 0 radical (unpaired) electrons. The Kier molecular flexibility index (Phi) is 8.01. The number of hydrogen-bond donors (Lipinski definition) is 2. The molecule has 0 amide bonds. The number of aromatic nitrogens is 4. The number of anilines is 1. The third-order valence-electron chi connectivity index (χ3n) is 7.32. The lowest BCUT2D eigenvalue weighted by Gasteiger charge is -2.28. The Morgan fingerprint density at radius 1 is 1.07 bits per heavy atom. The van der Waals surface area contributed by atoms with E-state index in [1.807, 2.05) is 42.5 Å². The monoisotopic (exact) mass is 588 g/mol. The molecule has 1 saturated carbocycles. The van der Waals surface area contributed by atoms with Crippen molar-refractivity contribution in [1.82, 2.24) is 24.8 Å². The maximum absolute atomic E-state index is 12.9. The van der Waals surface area contributed by atoms with Crippen LogP contribution in [0.3, 0.4) is 0 Å². The molecule has 210 valence electrons. The Morgan fingerprint density at radius 3 is 2.62 bits per heavy atom. The summed E-state index contributed by atoms with van der Waals surface area (Å²) in [7, 11) is 1.83. The number of alkyl halides is 3. The van der Waals surface area contributed by atoms with Crippen LogP contribution >= 0.6 is 23.7 Å². The number of benzene rings is 2. The molecule has 12 heteroatoms. The lowest BCUT2D eigenvalue weighted by atomic mass is 10.1. The molecule has 0 spiro atoms. The number of fused-ring (bicyclic) bond motifs is 2. The van der Waals surface area contributed by atoms with Crippen LogP contribution in [-0.4, -0.2) is 56.0 Å². The van der Waals surface area contributed by atoms with E-state index < -0.39 is 18.7 Å². The van der Waals surface area contributed by atoms with E-state index in [1.54, 1.807) is 0 Å². The zero-order valence-electron chi connectivity index (χ0n) is 21.5. The Bertz CT molecular complexity index is 1610. The molecular formula is C28H28ClF3N6OS. The maximum Gasteiger partial charge on any atom is 0.393 e. The second-order valence-corrected chi connectivity index (χ2v) is 11.1. The van der Waals surface area contributed by atoms with Crippen LogP contribution in [0.5, 0.6) is 0 Å². The van der Waals surface area contributed by atoms with Gasteiger partial charge in [0.1, 0.15) is 23.3 Å². The second-order valence-electron chi connectivity index (χ2n) is 9.99.